The van der Waals surface area contributed by atoms with Gasteiger partial charge in [-0.05, 0) is 43.2 Å². The number of nitrogens with one attached hydrogen (secondary N) is 2. The van der Waals surface area contributed by atoms with Crippen LogP contribution in [0.15, 0.2) is 41.4 Å². The van der Waals surface area contributed by atoms with E-state index >= 15 is 0 Å². The van der Waals surface area contributed by atoms with Crippen molar-refractivity contribution in [2.75, 3.05) is 27.3 Å². The molecule has 0 radical (unpaired) electrons. The Labute approximate surface area is 181 Å². The molecule has 2 aromatic carbocycles. The van der Waals surface area contributed by atoms with Crippen molar-refractivity contribution in [1.82, 2.24) is 10.6 Å². The maximum absolute atomic E-state index is 13.7. The van der Waals surface area contributed by atoms with Gasteiger partial charge in [0.15, 0.2) is 17.5 Å². The molecule has 154 valence electrons. The summed E-state index contributed by atoms with van der Waals surface area (Å²) >= 11 is 0. The second-order valence-corrected chi connectivity index (χ2v) is 5.76. The summed E-state index contributed by atoms with van der Waals surface area (Å²) in [6, 6.07) is 9.47. The SMILES string of the molecule is CCNC(=NCc1ccc(OC)c(OC)c1)NCCc1c(F)cccc1F.I. The highest BCUT2D eigenvalue weighted by atomic mass is 127. The van der Waals surface area contributed by atoms with Crippen LogP contribution in [0.1, 0.15) is 18.1 Å². The van der Waals surface area contributed by atoms with Gasteiger partial charge in [0.2, 0.25) is 0 Å². The maximum Gasteiger partial charge on any atom is 0.191 e. The summed E-state index contributed by atoms with van der Waals surface area (Å²) in [5, 5.41) is 6.21. The molecule has 0 heterocycles. The lowest BCUT2D eigenvalue weighted by atomic mass is 10.1. The number of hydrogen-bond donors (Lipinski definition) is 2. The normalized spacial score (nSPS) is 10.8. The number of methoxy groups -OCH3 is 2. The zero-order valence-corrected chi connectivity index (χ0v) is 18.6. The smallest absolute Gasteiger partial charge is 0.191 e. The van der Waals surface area contributed by atoms with Crippen LogP contribution in [-0.4, -0.2) is 33.3 Å². The van der Waals surface area contributed by atoms with Gasteiger partial charge in [0.25, 0.3) is 0 Å². The lowest BCUT2D eigenvalue weighted by molar-refractivity contribution is 0.354. The zero-order valence-electron chi connectivity index (χ0n) is 16.2. The predicted octanol–water partition coefficient (Wildman–Crippen LogP) is 3.90. The highest BCUT2D eigenvalue weighted by Gasteiger charge is 2.08. The van der Waals surface area contributed by atoms with Crippen LogP contribution in [0.4, 0.5) is 8.78 Å². The standard InChI is InChI=1S/C20H25F2N3O2.HI/c1-4-23-20(24-11-10-15-16(21)6-5-7-17(15)22)25-13-14-8-9-18(26-2)19(12-14)27-3;/h5-9,12H,4,10-11,13H2,1-3H3,(H2,23,24,25);1H. The number of ether oxygens (including phenoxy) is 2. The van der Waals surface area contributed by atoms with Gasteiger partial charge in [-0.2, -0.15) is 0 Å². The molecule has 28 heavy (non-hydrogen) atoms. The summed E-state index contributed by atoms with van der Waals surface area (Å²) in [5.74, 6) is 0.789. The van der Waals surface area contributed by atoms with Gasteiger partial charge >= 0.3 is 0 Å². The van der Waals surface area contributed by atoms with E-state index in [1.165, 1.54) is 18.2 Å². The van der Waals surface area contributed by atoms with E-state index in [4.69, 9.17) is 9.47 Å². The van der Waals surface area contributed by atoms with E-state index < -0.39 is 11.6 Å². The molecule has 8 heteroatoms. The van der Waals surface area contributed by atoms with Gasteiger partial charge in [-0.1, -0.05) is 12.1 Å². The van der Waals surface area contributed by atoms with Gasteiger partial charge < -0.3 is 20.1 Å². The molecular formula is C20H26F2IN3O2. The zero-order chi connectivity index (χ0) is 19.6. The fourth-order valence-electron chi connectivity index (χ4n) is 2.57. The molecule has 0 unspecified atom stereocenters. The van der Waals surface area contributed by atoms with E-state index in [2.05, 4.69) is 15.6 Å². The Morgan fingerprint density at radius 3 is 2.29 bits per heavy atom. The molecular weight excluding hydrogens is 479 g/mol. The summed E-state index contributed by atoms with van der Waals surface area (Å²) in [6.45, 7) is 3.40. The first-order valence-corrected chi connectivity index (χ1v) is 8.75. The molecule has 0 atom stereocenters. The summed E-state index contributed by atoms with van der Waals surface area (Å²) in [5.41, 5.74) is 1.02. The molecule has 0 saturated carbocycles. The van der Waals surface area contributed by atoms with Gasteiger partial charge in [-0.15, -0.1) is 24.0 Å². The van der Waals surface area contributed by atoms with Crippen molar-refractivity contribution in [2.45, 2.75) is 19.9 Å². The molecule has 0 aromatic heterocycles. The van der Waals surface area contributed by atoms with Crippen molar-refractivity contribution < 1.29 is 18.3 Å². The van der Waals surface area contributed by atoms with Crippen molar-refractivity contribution in [2.24, 2.45) is 4.99 Å². The number of benzene rings is 2. The van der Waals surface area contributed by atoms with Crippen LogP contribution < -0.4 is 20.1 Å². The van der Waals surface area contributed by atoms with E-state index in [-0.39, 0.29) is 36.0 Å². The minimum atomic E-state index is -0.538. The monoisotopic (exact) mass is 505 g/mol. The van der Waals surface area contributed by atoms with Crippen molar-refractivity contribution >= 4 is 29.9 Å². The molecule has 0 aliphatic rings. The first kappa shape index (κ1) is 23.9. The summed E-state index contributed by atoms with van der Waals surface area (Å²) in [6.07, 6.45) is 0.222. The molecule has 2 aromatic rings. The van der Waals surface area contributed by atoms with Gasteiger partial charge in [0.1, 0.15) is 11.6 Å². The molecule has 0 bridgehead atoms. The molecule has 5 nitrogen and oxygen atoms in total. The van der Waals surface area contributed by atoms with Crippen molar-refractivity contribution in [3.8, 4) is 11.5 Å². The van der Waals surface area contributed by atoms with Gasteiger partial charge in [0.05, 0.1) is 20.8 Å². The highest BCUT2D eigenvalue weighted by Crippen LogP contribution is 2.27. The topological polar surface area (TPSA) is 54.9 Å². The number of aliphatic imine (C=N–C) groups is 1. The van der Waals surface area contributed by atoms with Crippen molar-refractivity contribution in [1.29, 1.82) is 0 Å². The van der Waals surface area contributed by atoms with Crippen LogP contribution in [0.25, 0.3) is 0 Å². The molecule has 0 fully saturated rings. The van der Waals surface area contributed by atoms with Crippen LogP contribution in [-0.2, 0) is 13.0 Å². The minimum absolute atomic E-state index is 0. The third-order valence-electron chi connectivity index (χ3n) is 3.94. The Bertz CT molecular complexity index is 768. The Morgan fingerprint density at radius 1 is 1.00 bits per heavy atom. The summed E-state index contributed by atoms with van der Waals surface area (Å²) in [4.78, 5) is 4.50. The Balaban J connectivity index is 0.00000392. The van der Waals surface area contributed by atoms with E-state index in [9.17, 15) is 8.78 Å². The Kier molecular flexibility index (Phi) is 10.6. The molecule has 2 N–H and O–H groups in total. The van der Waals surface area contributed by atoms with Crippen molar-refractivity contribution in [3.05, 3.63) is 59.2 Å². The first-order valence-electron chi connectivity index (χ1n) is 8.75. The number of rotatable bonds is 8. The summed E-state index contributed by atoms with van der Waals surface area (Å²) < 4.78 is 37.9. The van der Waals surface area contributed by atoms with Crippen molar-refractivity contribution in [3.63, 3.8) is 0 Å². The first-order chi connectivity index (χ1) is 13.1. The third kappa shape index (κ3) is 6.81. The van der Waals surface area contributed by atoms with Crippen LogP contribution in [0, 0.1) is 11.6 Å². The number of hydrogen-bond acceptors (Lipinski definition) is 3. The van der Waals surface area contributed by atoms with E-state index in [1.54, 1.807) is 14.2 Å². The quantitative estimate of drug-likeness (QED) is 0.325. The lowest BCUT2D eigenvalue weighted by Gasteiger charge is -2.12. The van der Waals surface area contributed by atoms with Crippen LogP contribution >= 0.6 is 24.0 Å². The van der Waals surface area contributed by atoms with Gasteiger partial charge in [-0.3, -0.25) is 0 Å². The molecule has 0 aliphatic carbocycles. The van der Waals surface area contributed by atoms with Crippen LogP contribution in [0.5, 0.6) is 11.5 Å². The molecule has 2 rings (SSSR count). The van der Waals surface area contributed by atoms with Gasteiger partial charge in [0, 0.05) is 18.7 Å². The van der Waals surface area contributed by atoms with Crippen LogP contribution in [0.3, 0.4) is 0 Å². The highest BCUT2D eigenvalue weighted by molar-refractivity contribution is 14.0. The number of halogens is 3. The lowest BCUT2D eigenvalue weighted by Crippen LogP contribution is -2.38. The largest absolute Gasteiger partial charge is 0.493 e. The van der Waals surface area contributed by atoms with E-state index in [1.807, 2.05) is 25.1 Å². The number of guanidine groups is 1. The maximum atomic E-state index is 13.7. The fourth-order valence-corrected chi connectivity index (χ4v) is 2.57. The molecule has 0 amide bonds. The Morgan fingerprint density at radius 2 is 1.68 bits per heavy atom. The number of nitrogens with zero attached hydrogens (tertiary/aromatic N) is 1. The third-order valence-corrected chi connectivity index (χ3v) is 3.94. The predicted molar refractivity (Wildman–Crippen MR) is 118 cm³/mol. The van der Waals surface area contributed by atoms with Gasteiger partial charge in [-0.25, -0.2) is 13.8 Å². The minimum Gasteiger partial charge on any atom is -0.493 e. The second kappa shape index (κ2) is 12.4. The molecule has 0 aliphatic heterocycles. The van der Waals surface area contributed by atoms with Crippen LogP contribution in [0.2, 0.25) is 0 Å². The Hall–Kier alpha value is -2.10. The fraction of sp³-hybridized carbons (Fsp3) is 0.350. The second-order valence-electron chi connectivity index (χ2n) is 5.76. The average molecular weight is 505 g/mol. The average Bonchev–Trinajstić information content (AvgIpc) is 2.68. The van der Waals surface area contributed by atoms with E-state index in [0.717, 1.165) is 5.56 Å². The molecule has 0 saturated heterocycles. The summed E-state index contributed by atoms with van der Waals surface area (Å²) in [7, 11) is 3.17. The van der Waals surface area contributed by atoms with E-state index in [0.29, 0.717) is 37.1 Å². The molecule has 0 spiro atoms.